The molecule has 2 aromatic carbocycles. The van der Waals surface area contributed by atoms with Crippen molar-refractivity contribution in [3.8, 4) is 11.5 Å². The number of ether oxygens (including phenoxy) is 2. The van der Waals surface area contributed by atoms with Gasteiger partial charge in [0.1, 0.15) is 19.3 Å². The third-order valence-electron chi connectivity index (χ3n) is 4.01. The number of carbonyl (C=O) groups excluding carboxylic acids is 2. The molecule has 0 aromatic heterocycles. The van der Waals surface area contributed by atoms with Crippen LogP contribution in [0.3, 0.4) is 0 Å². The van der Waals surface area contributed by atoms with E-state index in [2.05, 4.69) is 10.6 Å². The SMILES string of the molecule is NC(=O)NC(=O)[C@H](NCCc1ccc2c(c1)OCCO2)c1ccccc1. The number of hydrogen-bond donors (Lipinski definition) is 3. The Hall–Kier alpha value is -3.06. The Morgan fingerprint density at radius 1 is 1.04 bits per heavy atom. The van der Waals surface area contributed by atoms with Gasteiger partial charge in [0.2, 0.25) is 5.91 Å². The topological polar surface area (TPSA) is 103 Å². The highest BCUT2D eigenvalue weighted by molar-refractivity contribution is 5.96. The Labute approximate surface area is 151 Å². The summed E-state index contributed by atoms with van der Waals surface area (Å²) in [7, 11) is 0. The quantitative estimate of drug-likeness (QED) is 0.729. The van der Waals surface area contributed by atoms with Crippen LogP contribution in [0.2, 0.25) is 0 Å². The van der Waals surface area contributed by atoms with Crippen LogP contribution in [0.5, 0.6) is 11.5 Å². The number of carbonyl (C=O) groups is 2. The van der Waals surface area contributed by atoms with Crippen molar-refractivity contribution >= 4 is 11.9 Å². The van der Waals surface area contributed by atoms with Crippen molar-refractivity contribution in [1.29, 1.82) is 0 Å². The van der Waals surface area contributed by atoms with Crippen LogP contribution >= 0.6 is 0 Å². The molecule has 0 unspecified atom stereocenters. The Bertz CT molecular complexity index is 780. The van der Waals surface area contributed by atoms with E-state index >= 15 is 0 Å². The fourth-order valence-electron chi connectivity index (χ4n) is 2.81. The third-order valence-corrected chi connectivity index (χ3v) is 4.01. The molecular weight excluding hydrogens is 334 g/mol. The van der Waals surface area contributed by atoms with E-state index in [1.54, 1.807) is 0 Å². The second-order valence-corrected chi connectivity index (χ2v) is 5.88. The van der Waals surface area contributed by atoms with E-state index in [1.807, 2.05) is 48.5 Å². The number of nitrogens with one attached hydrogen (secondary N) is 2. The molecule has 3 rings (SSSR count). The van der Waals surface area contributed by atoms with Crippen LogP contribution in [0.15, 0.2) is 48.5 Å². The van der Waals surface area contributed by atoms with Crippen molar-refractivity contribution in [3.63, 3.8) is 0 Å². The van der Waals surface area contributed by atoms with E-state index in [-0.39, 0.29) is 0 Å². The number of nitrogens with two attached hydrogens (primary N) is 1. The molecule has 1 aliphatic heterocycles. The summed E-state index contributed by atoms with van der Waals surface area (Å²) < 4.78 is 11.1. The van der Waals surface area contributed by atoms with Crippen LogP contribution in [0.1, 0.15) is 17.2 Å². The van der Waals surface area contributed by atoms with Crippen LogP contribution in [0.4, 0.5) is 4.79 Å². The van der Waals surface area contributed by atoms with Gasteiger partial charge in [-0.2, -0.15) is 0 Å². The number of primary amides is 1. The highest BCUT2D eigenvalue weighted by Gasteiger charge is 2.21. The normalized spacial score (nSPS) is 13.7. The van der Waals surface area contributed by atoms with E-state index in [0.29, 0.717) is 26.2 Å². The summed E-state index contributed by atoms with van der Waals surface area (Å²) in [6, 6.07) is 13.4. The highest BCUT2D eigenvalue weighted by atomic mass is 16.6. The second-order valence-electron chi connectivity index (χ2n) is 5.88. The smallest absolute Gasteiger partial charge is 0.318 e. The minimum absolute atomic E-state index is 0.481. The van der Waals surface area contributed by atoms with Gasteiger partial charge in [-0.15, -0.1) is 0 Å². The zero-order chi connectivity index (χ0) is 18.4. The summed E-state index contributed by atoms with van der Waals surface area (Å²) in [6.45, 7) is 1.63. The van der Waals surface area contributed by atoms with Gasteiger partial charge in [0.25, 0.3) is 0 Å². The molecule has 3 amide bonds. The number of imide groups is 1. The molecule has 0 radical (unpaired) electrons. The Kier molecular flexibility index (Phi) is 5.70. The zero-order valence-corrected chi connectivity index (χ0v) is 14.2. The molecular formula is C19H21N3O4. The van der Waals surface area contributed by atoms with Gasteiger partial charge in [-0.05, 0) is 29.7 Å². The molecule has 0 saturated heterocycles. The Balaban J connectivity index is 1.64. The van der Waals surface area contributed by atoms with E-state index in [0.717, 1.165) is 22.6 Å². The Morgan fingerprint density at radius 3 is 2.50 bits per heavy atom. The summed E-state index contributed by atoms with van der Waals surface area (Å²) in [4.78, 5) is 23.3. The third kappa shape index (κ3) is 4.52. The molecule has 26 heavy (non-hydrogen) atoms. The highest BCUT2D eigenvalue weighted by Crippen LogP contribution is 2.30. The number of rotatable bonds is 6. The molecule has 0 aliphatic carbocycles. The maximum Gasteiger partial charge on any atom is 0.318 e. The summed E-state index contributed by atoms with van der Waals surface area (Å²) in [5.41, 5.74) is 6.89. The number of fused-ring (bicyclic) bond motifs is 1. The fraction of sp³-hybridized carbons (Fsp3) is 0.263. The van der Waals surface area contributed by atoms with Gasteiger partial charge < -0.3 is 20.5 Å². The zero-order valence-electron chi connectivity index (χ0n) is 14.2. The maximum atomic E-state index is 12.3. The lowest BCUT2D eigenvalue weighted by atomic mass is 10.1. The first-order valence-corrected chi connectivity index (χ1v) is 8.40. The molecule has 1 atom stereocenters. The summed E-state index contributed by atoms with van der Waals surface area (Å²) >= 11 is 0. The molecule has 4 N–H and O–H groups in total. The first-order chi connectivity index (χ1) is 12.6. The van der Waals surface area contributed by atoms with E-state index in [1.165, 1.54) is 0 Å². The molecule has 2 aromatic rings. The fourth-order valence-corrected chi connectivity index (χ4v) is 2.81. The first kappa shape index (κ1) is 17.8. The van der Waals surface area contributed by atoms with Crippen molar-refractivity contribution in [2.45, 2.75) is 12.5 Å². The van der Waals surface area contributed by atoms with Crippen LogP contribution < -0.4 is 25.8 Å². The molecule has 0 fully saturated rings. The molecule has 1 aliphatic rings. The Morgan fingerprint density at radius 2 is 1.77 bits per heavy atom. The van der Waals surface area contributed by atoms with Crippen molar-refractivity contribution in [2.24, 2.45) is 5.73 Å². The minimum Gasteiger partial charge on any atom is -0.486 e. The number of benzene rings is 2. The van der Waals surface area contributed by atoms with Gasteiger partial charge in [-0.1, -0.05) is 36.4 Å². The average Bonchev–Trinajstić information content (AvgIpc) is 2.65. The molecule has 0 bridgehead atoms. The van der Waals surface area contributed by atoms with Crippen LogP contribution in [-0.2, 0) is 11.2 Å². The van der Waals surface area contributed by atoms with E-state index in [9.17, 15) is 9.59 Å². The predicted molar refractivity (Wildman–Crippen MR) is 96.0 cm³/mol. The lowest BCUT2D eigenvalue weighted by Gasteiger charge is -2.20. The monoisotopic (exact) mass is 355 g/mol. The van der Waals surface area contributed by atoms with Crippen molar-refractivity contribution < 1.29 is 19.1 Å². The van der Waals surface area contributed by atoms with Gasteiger partial charge in [0, 0.05) is 6.54 Å². The first-order valence-electron chi connectivity index (χ1n) is 8.40. The number of amides is 3. The van der Waals surface area contributed by atoms with Crippen molar-refractivity contribution in [2.75, 3.05) is 19.8 Å². The molecule has 7 heteroatoms. The van der Waals surface area contributed by atoms with Gasteiger partial charge in [0.05, 0.1) is 0 Å². The van der Waals surface area contributed by atoms with Crippen LogP contribution in [-0.4, -0.2) is 31.7 Å². The minimum atomic E-state index is -0.871. The van der Waals surface area contributed by atoms with Gasteiger partial charge >= 0.3 is 6.03 Å². The molecule has 136 valence electrons. The molecule has 0 spiro atoms. The molecule has 0 saturated carbocycles. The lowest BCUT2D eigenvalue weighted by Crippen LogP contribution is -2.43. The van der Waals surface area contributed by atoms with Crippen molar-refractivity contribution in [3.05, 3.63) is 59.7 Å². The maximum absolute atomic E-state index is 12.3. The number of urea groups is 1. The van der Waals surface area contributed by atoms with Gasteiger partial charge in [-0.3, -0.25) is 10.1 Å². The molecule has 7 nitrogen and oxygen atoms in total. The summed E-state index contributed by atoms with van der Waals surface area (Å²) in [6.07, 6.45) is 0.684. The van der Waals surface area contributed by atoms with Gasteiger partial charge in [-0.25, -0.2) is 4.79 Å². The summed E-state index contributed by atoms with van der Waals surface area (Å²) in [5, 5.41) is 5.31. The second kappa shape index (κ2) is 8.35. The van der Waals surface area contributed by atoms with Gasteiger partial charge in [0.15, 0.2) is 11.5 Å². The number of hydrogen-bond acceptors (Lipinski definition) is 5. The standard InChI is InChI=1S/C19H21N3O4/c20-19(24)22-18(23)17(14-4-2-1-3-5-14)21-9-8-13-6-7-15-16(12-13)26-11-10-25-15/h1-7,12,17,21H,8-11H2,(H3,20,22,23,24)/t17-/m1/s1. The average molecular weight is 355 g/mol. The van der Waals surface area contributed by atoms with E-state index in [4.69, 9.17) is 15.2 Å². The van der Waals surface area contributed by atoms with E-state index < -0.39 is 18.0 Å². The van der Waals surface area contributed by atoms with Crippen molar-refractivity contribution in [1.82, 2.24) is 10.6 Å². The predicted octanol–water partition coefficient (Wildman–Crippen LogP) is 1.53. The largest absolute Gasteiger partial charge is 0.486 e. The summed E-state index contributed by atoms with van der Waals surface area (Å²) in [5.74, 6) is 1.00. The molecule has 1 heterocycles. The van der Waals surface area contributed by atoms with Crippen LogP contribution in [0.25, 0.3) is 0 Å². The van der Waals surface area contributed by atoms with Crippen LogP contribution in [0, 0.1) is 0 Å². The lowest BCUT2D eigenvalue weighted by molar-refractivity contribution is -0.122.